The molecule has 9 heteroatoms. The zero-order valence-electron chi connectivity index (χ0n) is 17.1. The predicted molar refractivity (Wildman–Crippen MR) is 112 cm³/mol. The second kappa shape index (κ2) is 9.46. The third-order valence-electron chi connectivity index (χ3n) is 5.69. The van der Waals surface area contributed by atoms with Crippen molar-refractivity contribution in [3.8, 4) is 11.4 Å². The molecule has 2 fully saturated rings. The molecular weight excluding hydrogens is 386 g/mol. The number of morpholine rings is 1. The summed E-state index contributed by atoms with van der Waals surface area (Å²) >= 11 is 0. The van der Waals surface area contributed by atoms with E-state index in [1.54, 1.807) is 12.1 Å². The molecular formula is C21H27N5O4. The molecule has 30 heavy (non-hydrogen) atoms. The number of nitrogens with one attached hydrogen (secondary N) is 1. The van der Waals surface area contributed by atoms with Gasteiger partial charge < -0.3 is 14.8 Å². The molecule has 2 aliphatic heterocycles. The van der Waals surface area contributed by atoms with E-state index in [2.05, 4.69) is 20.2 Å². The number of nitro groups is 1. The molecule has 1 aromatic carbocycles. The quantitative estimate of drug-likeness (QED) is 0.546. The summed E-state index contributed by atoms with van der Waals surface area (Å²) in [4.78, 5) is 22.3. The number of rotatable bonds is 7. The Morgan fingerprint density at radius 1 is 1.23 bits per heavy atom. The van der Waals surface area contributed by atoms with Crippen molar-refractivity contribution in [3.63, 3.8) is 0 Å². The molecule has 2 aliphatic rings. The maximum absolute atomic E-state index is 11.1. The van der Waals surface area contributed by atoms with Crippen molar-refractivity contribution >= 4 is 11.5 Å². The Kier molecular flexibility index (Phi) is 6.51. The van der Waals surface area contributed by atoms with Crippen molar-refractivity contribution in [2.24, 2.45) is 5.92 Å². The number of anilines is 1. The monoisotopic (exact) mass is 413 g/mol. The fraction of sp³-hybridized carbons (Fsp3) is 0.524. The number of aromatic nitrogens is 2. The van der Waals surface area contributed by atoms with E-state index >= 15 is 0 Å². The Balaban J connectivity index is 1.52. The summed E-state index contributed by atoms with van der Waals surface area (Å²) in [6.45, 7) is 7.60. The van der Waals surface area contributed by atoms with E-state index in [1.165, 1.54) is 12.1 Å². The first-order chi connectivity index (χ1) is 14.6. The molecule has 2 atom stereocenters. The largest absolute Gasteiger partial charge is 0.381 e. The van der Waals surface area contributed by atoms with Gasteiger partial charge in [0.15, 0.2) is 5.82 Å². The summed E-state index contributed by atoms with van der Waals surface area (Å²) in [5, 5.41) is 14.6. The lowest BCUT2D eigenvalue weighted by Crippen LogP contribution is -2.50. The number of benzene rings is 1. The van der Waals surface area contributed by atoms with Crippen molar-refractivity contribution in [2.45, 2.75) is 19.4 Å². The Hall–Kier alpha value is -2.62. The van der Waals surface area contributed by atoms with Crippen LogP contribution in [0.4, 0.5) is 11.5 Å². The van der Waals surface area contributed by atoms with Crippen LogP contribution >= 0.6 is 0 Å². The summed E-state index contributed by atoms with van der Waals surface area (Å²) in [7, 11) is 0. The number of non-ortho nitro benzene ring substituents is 1. The zero-order valence-corrected chi connectivity index (χ0v) is 17.1. The SMILES string of the molecule is Cc1cc(NCC(C2CCOC2)N2CCOCC2)nc(-c2cccc([N+](=O)[O-])c2)n1. The van der Waals surface area contributed by atoms with Crippen molar-refractivity contribution < 1.29 is 14.4 Å². The average Bonchev–Trinajstić information content (AvgIpc) is 3.29. The van der Waals surface area contributed by atoms with E-state index < -0.39 is 4.92 Å². The molecule has 1 N–H and O–H groups in total. The number of nitrogens with zero attached hydrogens (tertiary/aromatic N) is 4. The lowest BCUT2D eigenvalue weighted by molar-refractivity contribution is -0.384. The van der Waals surface area contributed by atoms with E-state index in [0.717, 1.165) is 64.0 Å². The average molecular weight is 413 g/mol. The van der Waals surface area contributed by atoms with Crippen LogP contribution in [0.1, 0.15) is 12.1 Å². The highest BCUT2D eigenvalue weighted by Crippen LogP contribution is 2.25. The minimum atomic E-state index is -0.408. The van der Waals surface area contributed by atoms with Gasteiger partial charge in [0.1, 0.15) is 5.82 Å². The van der Waals surface area contributed by atoms with Gasteiger partial charge in [-0.3, -0.25) is 15.0 Å². The van der Waals surface area contributed by atoms with Crippen LogP contribution in [0.3, 0.4) is 0 Å². The number of aryl methyl sites for hydroxylation is 1. The summed E-state index contributed by atoms with van der Waals surface area (Å²) in [5.74, 6) is 1.68. The number of hydrogen-bond donors (Lipinski definition) is 1. The van der Waals surface area contributed by atoms with Gasteiger partial charge in [-0.2, -0.15) is 0 Å². The fourth-order valence-electron chi connectivity index (χ4n) is 4.12. The maximum atomic E-state index is 11.1. The van der Waals surface area contributed by atoms with Crippen LogP contribution in [0.25, 0.3) is 11.4 Å². The molecule has 4 rings (SSSR count). The summed E-state index contributed by atoms with van der Waals surface area (Å²) in [6.07, 6.45) is 1.06. The molecule has 3 heterocycles. The minimum absolute atomic E-state index is 0.0285. The van der Waals surface area contributed by atoms with Crippen LogP contribution in [0.15, 0.2) is 30.3 Å². The predicted octanol–water partition coefficient (Wildman–Crippen LogP) is 2.51. The smallest absolute Gasteiger partial charge is 0.270 e. The minimum Gasteiger partial charge on any atom is -0.381 e. The second-order valence-electron chi connectivity index (χ2n) is 7.75. The van der Waals surface area contributed by atoms with Gasteiger partial charge >= 0.3 is 0 Å². The van der Waals surface area contributed by atoms with Gasteiger partial charge in [-0.15, -0.1) is 0 Å². The molecule has 9 nitrogen and oxygen atoms in total. The van der Waals surface area contributed by atoms with Gasteiger partial charge in [0.05, 0.1) is 24.7 Å². The summed E-state index contributed by atoms with van der Waals surface area (Å²) in [5.41, 5.74) is 1.46. The highest BCUT2D eigenvalue weighted by molar-refractivity contribution is 5.61. The molecule has 2 saturated heterocycles. The van der Waals surface area contributed by atoms with Gasteiger partial charge in [0.25, 0.3) is 5.69 Å². The first-order valence-corrected chi connectivity index (χ1v) is 10.3. The third kappa shape index (κ3) is 4.92. The number of ether oxygens (including phenoxy) is 2. The van der Waals surface area contributed by atoms with Crippen LogP contribution in [-0.4, -0.2) is 71.9 Å². The lowest BCUT2D eigenvalue weighted by atomic mass is 9.97. The van der Waals surface area contributed by atoms with E-state index in [-0.39, 0.29) is 5.69 Å². The second-order valence-corrected chi connectivity index (χ2v) is 7.75. The van der Waals surface area contributed by atoms with Crippen LogP contribution < -0.4 is 5.32 Å². The Bertz CT molecular complexity index is 881. The summed E-state index contributed by atoms with van der Waals surface area (Å²) < 4.78 is 11.2. The van der Waals surface area contributed by atoms with E-state index in [0.29, 0.717) is 23.3 Å². The van der Waals surface area contributed by atoms with Gasteiger partial charge in [-0.1, -0.05) is 12.1 Å². The molecule has 2 aromatic rings. The van der Waals surface area contributed by atoms with Crippen LogP contribution in [0, 0.1) is 23.0 Å². The highest BCUT2D eigenvalue weighted by Gasteiger charge is 2.31. The van der Waals surface area contributed by atoms with E-state index in [1.807, 2.05) is 13.0 Å². The Morgan fingerprint density at radius 2 is 2.07 bits per heavy atom. The maximum Gasteiger partial charge on any atom is 0.270 e. The van der Waals surface area contributed by atoms with Crippen molar-refractivity contribution in [3.05, 3.63) is 46.1 Å². The highest BCUT2D eigenvalue weighted by atomic mass is 16.6. The number of hydrogen-bond acceptors (Lipinski definition) is 8. The zero-order chi connectivity index (χ0) is 20.9. The van der Waals surface area contributed by atoms with Gasteiger partial charge in [0.2, 0.25) is 0 Å². The third-order valence-corrected chi connectivity index (χ3v) is 5.69. The topological polar surface area (TPSA) is 103 Å². The molecule has 0 radical (unpaired) electrons. The van der Waals surface area contributed by atoms with Crippen LogP contribution in [-0.2, 0) is 9.47 Å². The molecule has 1 aromatic heterocycles. The van der Waals surface area contributed by atoms with Crippen molar-refractivity contribution in [1.82, 2.24) is 14.9 Å². The molecule has 160 valence electrons. The van der Waals surface area contributed by atoms with Gasteiger partial charge in [-0.25, -0.2) is 9.97 Å². The first kappa shape index (κ1) is 20.6. The molecule has 0 amide bonds. The normalized spacial score (nSPS) is 20.8. The van der Waals surface area contributed by atoms with Crippen molar-refractivity contribution in [2.75, 3.05) is 51.4 Å². The van der Waals surface area contributed by atoms with Crippen molar-refractivity contribution in [1.29, 1.82) is 0 Å². The molecule has 0 bridgehead atoms. The van der Waals surface area contributed by atoms with Crippen LogP contribution in [0.5, 0.6) is 0 Å². The Morgan fingerprint density at radius 3 is 2.80 bits per heavy atom. The first-order valence-electron chi connectivity index (χ1n) is 10.3. The van der Waals surface area contributed by atoms with E-state index in [4.69, 9.17) is 9.47 Å². The Labute approximate surface area is 175 Å². The fourth-order valence-corrected chi connectivity index (χ4v) is 4.12. The lowest BCUT2D eigenvalue weighted by Gasteiger charge is -2.37. The molecule has 2 unspecified atom stereocenters. The van der Waals surface area contributed by atoms with Gasteiger partial charge in [0, 0.05) is 67.7 Å². The van der Waals surface area contributed by atoms with Gasteiger partial charge in [-0.05, 0) is 13.3 Å². The van der Waals surface area contributed by atoms with Crippen LogP contribution in [0.2, 0.25) is 0 Å². The number of nitro benzene ring substituents is 1. The summed E-state index contributed by atoms with van der Waals surface area (Å²) in [6, 6.07) is 8.66. The molecule has 0 saturated carbocycles. The molecule has 0 aliphatic carbocycles. The van der Waals surface area contributed by atoms with E-state index in [9.17, 15) is 10.1 Å². The standard InChI is InChI=1S/C21H27N5O4/c1-15-11-20(24-21(23-15)16-3-2-4-18(12-16)26(27)28)22-13-19(17-5-8-30-14-17)25-6-9-29-10-7-25/h2-4,11-12,17,19H,5-10,13-14H2,1H3,(H,22,23,24). The molecule has 0 spiro atoms.